The summed E-state index contributed by atoms with van der Waals surface area (Å²) in [6.07, 6.45) is 8.18. The lowest BCUT2D eigenvalue weighted by molar-refractivity contribution is 0.139. The molecule has 0 atom stereocenters. The van der Waals surface area contributed by atoms with Crippen LogP contribution < -0.4 is 0 Å². The van der Waals surface area contributed by atoms with E-state index in [1.165, 1.54) is 19.3 Å². The summed E-state index contributed by atoms with van der Waals surface area (Å²) in [7, 11) is 0. The summed E-state index contributed by atoms with van der Waals surface area (Å²) in [4.78, 5) is 0. The third-order valence-electron chi connectivity index (χ3n) is 1.88. The highest BCUT2D eigenvalue weighted by atomic mass is 16.5. The van der Waals surface area contributed by atoms with Crippen LogP contribution in [0.2, 0.25) is 0 Å². The molecule has 1 aliphatic rings. The molecule has 0 radical (unpaired) electrons. The Morgan fingerprint density at radius 2 is 2.27 bits per heavy atom. The normalized spacial score (nSPS) is 18.8. The minimum atomic E-state index is 0.122. The lowest BCUT2D eigenvalue weighted by Crippen LogP contribution is -1.98. The molecule has 1 aliphatic carbocycles. The predicted octanol–water partition coefficient (Wildman–Crippen LogP) is 1.84. The van der Waals surface area contributed by atoms with E-state index in [1.807, 2.05) is 0 Å². The molecule has 0 aliphatic heterocycles. The van der Waals surface area contributed by atoms with Crippen LogP contribution in [0.3, 0.4) is 0 Å². The first kappa shape index (κ1) is 8.60. The van der Waals surface area contributed by atoms with Gasteiger partial charge in [0.25, 0.3) is 0 Å². The minimum Gasteiger partial charge on any atom is -0.496 e. The lowest BCUT2D eigenvalue weighted by Gasteiger charge is -2.06. The van der Waals surface area contributed by atoms with Crippen molar-refractivity contribution in [3.8, 4) is 0 Å². The molecule has 0 fully saturated rings. The average molecular weight is 156 g/mol. The van der Waals surface area contributed by atoms with Crippen molar-refractivity contribution in [3.63, 3.8) is 0 Å². The minimum absolute atomic E-state index is 0.122. The highest BCUT2D eigenvalue weighted by Gasteiger charge is 2.02. The van der Waals surface area contributed by atoms with E-state index in [2.05, 4.69) is 6.08 Å². The van der Waals surface area contributed by atoms with Crippen molar-refractivity contribution in [2.24, 2.45) is 0 Å². The number of rotatable bonds is 3. The summed E-state index contributed by atoms with van der Waals surface area (Å²) in [6.45, 7) is 0.573. The smallest absolute Gasteiger partial charge is 0.111 e. The Kier molecular flexibility index (Phi) is 4.06. The summed E-state index contributed by atoms with van der Waals surface area (Å²) in [5.41, 5.74) is 0. The number of aliphatic hydroxyl groups is 1. The summed E-state index contributed by atoms with van der Waals surface area (Å²) < 4.78 is 5.32. The Morgan fingerprint density at radius 3 is 3.09 bits per heavy atom. The fourth-order valence-electron chi connectivity index (χ4n) is 1.29. The van der Waals surface area contributed by atoms with E-state index in [0.29, 0.717) is 6.61 Å². The van der Waals surface area contributed by atoms with Crippen LogP contribution in [0.1, 0.15) is 32.1 Å². The molecule has 1 N–H and O–H groups in total. The van der Waals surface area contributed by atoms with Gasteiger partial charge in [-0.1, -0.05) is 6.42 Å². The van der Waals surface area contributed by atoms with Crippen molar-refractivity contribution < 1.29 is 9.84 Å². The summed E-state index contributed by atoms with van der Waals surface area (Å²) in [6, 6.07) is 0. The predicted molar refractivity (Wildman–Crippen MR) is 44.2 cm³/mol. The topological polar surface area (TPSA) is 29.5 Å². The highest BCUT2D eigenvalue weighted by molar-refractivity contribution is 4.94. The Bertz CT molecular complexity index is 130. The van der Waals surface area contributed by atoms with Gasteiger partial charge in [-0.3, -0.25) is 0 Å². The first-order valence-electron chi connectivity index (χ1n) is 4.36. The van der Waals surface area contributed by atoms with Crippen LogP contribution in [0.5, 0.6) is 0 Å². The van der Waals surface area contributed by atoms with Gasteiger partial charge in [0.15, 0.2) is 0 Å². The molecular weight excluding hydrogens is 140 g/mol. The van der Waals surface area contributed by atoms with Crippen molar-refractivity contribution in [1.29, 1.82) is 0 Å². The van der Waals surface area contributed by atoms with Crippen LogP contribution >= 0.6 is 0 Å². The molecule has 0 aromatic heterocycles. The van der Waals surface area contributed by atoms with E-state index in [1.54, 1.807) is 0 Å². The largest absolute Gasteiger partial charge is 0.496 e. The van der Waals surface area contributed by atoms with E-state index < -0.39 is 0 Å². The van der Waals surface area contributed by atoms with Gasteiger partial charge < -0.3 is 9.84 Å². The van der Waals surface area contributed by atoms with Gasteiger partial charge in [0, 0.05) is 6.42 Å². The second-order valence-corrected chi connectivity index (χ2v) is 2.84. The molecule has 0 amide bonds. The number of ether oxygens (including phenoxy) is 1. The summed E-state index contributed by atoms with van der Waals surface area (Å²) >= 11 is 0. The van der Waals surface area contributed by atoms with Crippen LogP contribution in [0.15, 0.2) is 11.8 Å². The monoisotopic (exact) mass is 156 g/mol. The van der Waals surface area contributed by atoms with Gasteiger partial charge in [-0.25, -0.2) is 0 Å². The fourth-order valence-corrected chi connectivity index (χ4v) is 1.29. The first-order valence-corrected chi connectivity index (χ1v) is 4.36. The highest BCUT2D eigenvalue weighted by Crippen LogP contribution is 2.17. The van der Waals surface area contributed by atoms with E-state index in [0.717, 1.165) is 18.6 Å². The molecule has 0 saturated carbocycles. The Morgan fingerprint density at radius 1 is 1.36 bits per heavy atom. The maximum absolute atomic E-state index is 8.51. The second-order valence-electron chi connectivity index (χ2n) is 2.84. The number of allylic oxidation sites excluding steroid dienone is 2. The van der Waals surface area contributed by atoms with Gasteiger partial charge in [0.1, 0.15) is 6.61 Å². The fraction of sp³-hybridized carbons (Fsp3) is 0.778. The van der Waals surface area contributed by atoms with Gasteiger partial charge in [0.2, 0.25) is 0 Å². The lowest BCUT2D eigenvalue weighted by atomic mass is 10.2. The summed E-state index contributed by atoms with van der Waals surface area (Å²) in [5, 5.41) is 8.51. The zero-order chi connectivity index (χ0) is 7.94. The van der Waals surface area contributed by atoms with Crippen LogP contribution in [0.4, 0.5) is 0 Å². The molecule has 0 aromatic rings. The van der Waals surface area contributed by atoms with Crippen LogP contribution in [0, 0.1) is 0 Å². The van der Waals surface area contributed by atoms with Gasteiger partial charge in [-0.05, 0) is 25.3 Å². The average Bonchev–Trinajstić information content (AvgIpc) is 2.28. The zero-order valence-corrected chi connectivity index (χ0v) is 6.88. The molecule has 0 spiro atoms. The first-order chi connectivity index (χ1) is 5.43. The molecule has 0 bridgehead atoms. The Hall–Kier alpha value is -0.500. The Labute approximate surface area is 67.9 Å². The molecule has 11 heavy (non-hydrogen) atoms. The van der Waals surface area contributed by atoms with E-state index in [-0.39, 0.29) is 6.61 Å². The molecule has 0 heterocycles. The van der Waals surface area contributed by atoms with Gasteiger partial charge >= 0.3 is 0 Å². The van der Waals surface area contributed by atoms with Crippen LogP contribution in [0.25, 0.3) is 0 Å². The molecule has 2 heteroatoms. The van der Waals surface area contributed by atoms with Gasteiger partial charge in [-0.15, -0.1) is 0 Å². The van der Waals surface area contributed by atoms with E-state index in [4.69, 9.17) is 9.84 Å². The van der Waals surface area contributed by atoms with Crippen molar-refractivity contribution in [2.75, 3.05) is 13.2 Å². The molecule has 64 valence electrons. The van der Waals surface area contributed by atoms with E-state index >= 15 is 0 Å². The quantitative estimate of drug-likeness (QED) is 0.675. The van der Waals surface area contributed by atoms with Crippen molar-refractivity contribution in [1.82, 2.24) is 0 Å². The van der Waals surface area contributed by atoms with Crippen molar-refractivity contribution in [3.05, 3.63) is 11.8 Å². The number of hydrogen-bond acceptors (Lipinski definition) is 2. The number of aliphatic hydroxyl groups excluding tert-OH is 1. The van der Waals surface area contributed by atoms with Crippen LogP contribution in [-0.4, -0.2) is 18.3 Å². The summed E-state index contributed by atoms with van der Waals surface area (Å²) in [5.74, 6) is 1.08. The molecule has 1 rings (SSSR count). The van der Waals surface area contributed by atoms with Gasteiger partial charge in [-0.2, -0.15) is 0 Å². The van der Waals surface area contributed by atoms with Crippen molar-refractivity contribution in [2.45, 2.75) is 32.1 Å². The number of hydrogen-bond donors (Lipinski definition) is 1. The second kappa shape index (κ2) is 5.19. The van der Waals surface area contributed by atoms with Crippen LogP contribution in [-0.2, 0) is 4.74 Å². The van der Waals surface area contributed by atoms with E-state index in [9.17, 15) is 0 Å². The Balaban J connectivity index is 2.23. The standard InChI is InChI=1S/C9H16O2/c10-7-8-11-9-5-3-1-2-4-6-9/h5,10H,1-4,6-8H2. The zero-order valence-electron chi connectivity index (χ0n) is 6.88. The molecule has 0 saturated heterocycles. The molecular formula is C9H16O2. The third kappa shape index (κ3) is 3.42. The third-order valence-corrected chi connectivity index (χ3v) is 1.88. The molecule has 0 aromatic carbocycles. The molecule has 2 nitrogen and oxygen atoms in total. The van der Waals surface area contributed by atoms with Crippen molar-refractivity contribution >= 4 is 0 Å². The maximum atomic E-state index is 8.51. The maximum Gasteiger partial charge on any atom is 0.111 e. The molecule has 0 unspecified atom stereocenters. The SMILES string of the molecule is OCCOC1=CCCCCC1. The van der Waals surface area contributed by atoms with Gasteiger partial charge in [0.05, 0.1) is 12.4 Å².